The van der Waals surface area contributed by atoms with Gasteiger partial charge in [-0.05, 0) is 30.7 Å². The molecule has 0 aliphatic rings. The molecule has 0 aliphatic carbocycles. The molecular weight excluding hydrogens is 316 g/mol. The van der Waals surface area contributed by atoms with Crippen molar-refractivity contribution in [2.75, 3.05) is 0 Å². The molecule has 0 bridgehead atoms. The smallest absolute Gasteiger partial charge is 0.267 e. The number of nitrogens with one attached hydrogen (secondary N) is 1. The van der Waals surface area contributed by atoms with Crippen molar-refractivity contribution in [1.82, 2.24) is 20.1 Å². The maximum atomic E-state index is 12.3. The van der Waals surface area contributed by atoms with Gasteiger partial charge in [0.15, 0.2) is 0 Å². The number of rotatable bonds is 5. The number of hydrogen-bond acceptors (Lipinski definition) is 4. The van der Waals surface area contributed by atoms with Crippen LogP contribution in [0.1, 0.15) is 18.5 Å². The second-order valence-corrected chi connectivity index (χ2v) is 5.65. The summed E-state index contributed by atoms with van der Waals surface area (Å²) in [4.78, 5) is 28.2. The molecule has 126 valence electrons. The predicted molar refractivity (Wildman–Crippen MR) is 94.7 cm³/mol. The van der Waals surface area contributed by atoms with E-state index < -0.39 is 0 Å². The number of benzene rings is 1. The molecule has 0 spiro atoms. The Labute approximate surface area is 145 Å². The highest BCUT2D eigenvalue weighted by Gasteiger charge is 2.12. The topological polar surface area (TPSA) is 76.9 Å². The molecule has 1 aromatic carbocycles. The Morgan fingerprint density at radius 2 is 1.80 bits per heavy atom. The maximum absolute atomic E-state index is 12.3. The number of pyridine rings is 1. The molecule has 2 heterocycles. The first-order valence-electron chi connectivity index (χ1n) is 7.96. The first-order chi connectivity index (χ1) is 12.1. The van der Waals surface area contributed by atoms with Gasteiger partial charge in [0, 0.05) is 24.0 Å². The van der Waals surface area contributed by atoms with Crippen LogP contribution in [-0.2, 0) is 11.3 Å². The monoisotopic (exact) mass is 334 g/mol. The van der Waals surface area contributed by atoms with Gasteiger partial charge in [-0.25, -0.2) is 4.68 Å². The van der Waals surface area contributed by atoms with E-state index in [0.717, 1.165) is 11.1 Å². The summed E-state index contributed by atoms with van der Waals surface area (Å²) in [6, 6.07) is 16.2. The van der Waals surface area contributed by atoms with Crippen LogP contribution in [0.3, 0.4) is 0 Å². The van der Waals surface area contributed by atoms with E-state index in [0.29, 0.717) is 5.69 Å². The zero-order chi connectivity index (χ0) is 17.6. The summed E-state index contributed by atoms with van der Waals surface area (Å²) in [5.41, 5.74) is 2.13. The Hall–Kier alpha value is -3.28. The van der Waals surface area contributed by atoms with Crippen LogP contribution in [0, 0.1) is 0 Å². The summed E-state index contributed by atoms with van der Waals surface area (Å²) in [6.07, 6.45) is 3.31. The van der Waals surface area contributed by atoms with E-state index in [2.05, 4.69) is 15.4 Å². The first-order valence-corrected chi connectivity index (χ1v) is 7.96. The van der Waals surface area contributed by atoms with Crippen LogP contribution < -0.4 is 10.9 Å². The summed E-state index contributed by atoms with van der Waals surface area (Å²) in [5, 5.41) is 7.16. The highest BCUT2D eigenvalue weighted by Crippen LogP contribution is 2.13. The van der Waals surface area contributed by atoms with Gasteiger partial charge >= 0.3 is 0 Å². The Kier molecular flexibility index (Phi) is 4.99. The fraction of sp³-hybridized carbons (Fsp3) is 0.158. The Balaban J connectivity index is 1.74. The average Bonchev–Trinajstić information content (AvgIpc) is 2.65. The number of nitrogens with zero attached hydrogens (tertiary/aromatic N) is 3. The van der Waals surface area contributed by atoms with Crippen LogP contribution in [0.4, 0.5) is 0 Å². The number of carbonyl (C=O) groups excluding carboxylic acids is 1. The fourth-order valence-electron chi connectivity index (χ4n) is 2.49. The van der Waals surface area contributed by atoms with Gasteiger partial charge in [0.05, 0.1) is 11.7 Å². The lowest BCUT2D eigenvalue weighted by Crippen LogP contribution is -2.34. The summed E-state index contributed by atoms with van der Waals surface area (Å²) < 4.78 is 1.17. The van der Waals surface area contributed by atoms with Crippen molar-refractivity contribution < 1.29 is 4.79 Å². The molecule has 1 atom stereocenters. The lowest BCUT2D eigenvalue weighted by molar-refractivity contribution is -0.122. The lowest BCUT2D eigenvalue weighted by atomic mass is 10.1. The third kappa shape index (κ3) is 4.17. The molecule has 0 saturated carbocycles. The molecule has 3 aromatic rings. The van der Waals surface area contributed by atoms with Crippen LogP contribution in [-0.4, -0.2) is 20.7 Å². The first kappa shape index (κ1) is 16.6. The van der Waals surface area contributed by atoms with Gasteiger partial charge in [-0.3, -0.25) is 14.6 Å². The molecular formula is C19H18N4O2. The molecule has 2 aromatic heterocycles. The van der Waals surface area contributed by atoms with Gasteiger partial charge in [-0.1, -0.05) is 30.3 Å². The second-order valence-electron chi connectivity index (χ2n) is 5.65. The quantitative estimate of drug-likeness (QED) is 0.776. The number of carbonyl (C=O) groups is 1. The highest BCUT2D eigenvalue weighted by atomic mass is 16.2. The van der Waals surface area contributed by atoms with Crippen molar-refractivity contribution in [1.29, 1.82) is 0 Å². The molecule has 0 saturated heterocycles. The van der Waals surface area contributed by atoms with Gasteiger partial charge < -0.3 is 5.32 Å². The van der Waals surface area contributed by atoms with E-state index in [1.807, 2.05) is 37.3 Å². The lowest BCUT2D eigenvalue weighted by Gasteiger charge is -2.14. The number of hydrogen-bond donors (Lipinski definition) is 1. The number of aromatic nitrogens is 3. The molecule has 3 rings (SSSR count). The minimum absolute atomic E-state index is 0.130. The van der Waals surface area contributed by atoms with Crippen LogP contribution in [0.25, 0.3) is 11.3 Å². The standard InChI is InChI=1S/C19H18N4O2/c1-14(15-5-3-2-4-6-15)21-18(24)13-23-19(25)8-7-17(22-23)16-9-11-20-12-10-16/h2-12,14H,13H2,1H3,(H,21,24). The zero-order valence-corrected chi connectivity index (χ0v) is 13.8. The van der Waals surface area contributed by atoms with Crippen LogP contribution in [0.5, 0.6) is 0 Å². The van der Waals surface area contributed by atoms with Crippen molar-refractivity contribution in [2.45, 2.75) is 19.5 Å². The third-order valence-corrected chi connectivity index (χ3v) is 3.81. The van der Waals surface area contributed by atoms with Gasteiger partial charge in [-0.2, -0.15) is 5.10 Å². The molecule has 1 N–H and O–H groups in total. The molecule has 0 fully saturated rings. The largest absolute Gasteiger partial charge is 0.348 e. The van der Waals surface area contributed by atoms with E-state index in [-0.39, 0.29) is 24.1 Å². The Morgan fingerprint density at radius 3 is 2.52 bits per heavy atom. The zero-order valence-electron chi connectivity index (χ0n) is 13.8. The van der Waals surface area contributed by atoms with Crippen molar-refractivity contribution in [3.63, 3.8) is 0 Å². The van der Waals surface area contributed by atoms with Crippen molar-refractivity contribution in [3.8, 4) is 11.3 Å². The summed E-state index contributed by atoms with van der Waals surface area (Å²) in [7, 11) is 0. The fourth-order valence-corrected chi connectivity index (χ4v) is 2.49. The average molecular weight is 334 g/mol. The number of amides is 1. The summed E-state index contributed by atoms with van der Waals surface area (Å²) in [5.74, 6) is -0.266. The molecule has 25 heavy (non-hydrogen) atoms. The van der Waals surface area contributed by atoms with Crippen molar-refractivity contribution in [2.24, 2.45) is 0 Å². The summed E-state index contributed by atoms with van der Waals surface area (Å²) in [6.45, 7) is 1.77. The molecule has 0 aliphatic heterocycles. The highest BCUT2D eigenvalue weighted by molar-refractivity contribution is 5.76. The van der Waals surface area contributed by atoms with Crippen molar-refractivity contribution in [3.05, 3.63) is 82.9 Å². The van der Waals surface area contributed by atoms with E-state index >= 15 is 0 Å². The Bertz CT molecular complexity index is 907. The maximum Gasteiger partial charge on any atom is 0.267 e. The van der Waals surface area contributed by atoms with E-state index in [9.17, 15) is 9.59 Å². The van der Waals surface area contributed by atoms with E-state index in [1.165, 1.54) is 10.7 Å². The molecule has 1 unspecified atom stereocenters. The molecule has 0 radical (unpaired) electrons. The van der Waals surface area contributed by atoms with Crippen LogP contribution in [0.2, 0.25) is 0 Å². The van der Waals surface area contributed by atoms with Crippen LogP contribution >= 0.6 is 0 Å². The predicted octanol–water partition coefficient (Wildman–Crippen LogP) is 2.18. The second kappa shape index (κ2) is 7.53. The minimum Gasteiger partial charge on any atom is -0.348 e. The van der Waals surface area contributed by atoms with Crippen molar-refractivity contribution >= 4 is 5.91 Å². The SMILES string of the molecule is CC(NC(=O)Cn1nc(-c2ccncc2)ccc1=O)c1ccccc1. The van der Waals surface area contributed by atoms with Gasteiger partial charge in [0.1, 0.15) is 6.54 Å². The third-order valence-electron chi connectivity index (χ3n) is 3.81. The minimum atomic E-state index is -0.319. The van der Waals surface area contributed by atoms with Gasteiger partial charge in [-0.15, -0.1) is 0 Å². The van der Waals surface area contributed by atoms with Crippen LogP contribution in [0.15, 0.2) is 71.8 Å². The van der Waals surface area contributed by atoms with E-state index in [4.69, 9.17) is 0 Å². The Morgan fingerprint density at radius 1 is 1.08 bits per heavy atom. The van der Waals surface area contributed by atoms with Gasteiger partial charge in [0.2, 0.25) is 5.91 Å². The summed E-state index contributed by atoms with van der Waals surface area (Å²) >= 11 is 0. The normalized spacial score (nSPS) is 11.7. The van der Waals surface area contributed by atoms with Gasteiger partial charge in [0.25, 0.3) is 5.56 Å². The molecule has 6 heteroatoms. The molecule has 1 amide bonds. The van der Waals surface area contributed by atoms with E-state index in [1.54, 1.807) is 30.6 Å². The molecule has 6 nitrogen and oxygen atoms in total.